The molecule has 1 saturated heterocycles. The fourth-order valence-electron chi connectivity index (χ4n) is 2.35. The number of benzene rings is 1. The van der Waals surface area contributed by atoms with Crippen LogP contribution in [0.2, 0.25) is 0 Å². The molecule has 0 saturated carbocycles. The highest BCUT2D eigenvalue weighted by atomic mass is 32.2. The van der Waals surface area contributed by atoms with Gasteiger partial charge in [-0.1, -0.05) is 30.3 Å². The van der Waals surface area contributed by atoms with E-state index in [1.165, 1.54) is 0 Å². The van der Waals surface area contributed by atoms with E-state index in [1.54, 1.807) is 18.7 Å². The number of hydrogen-bond acceptors (Lipinski definition) is 5. The van der Waals surface area contributed by atoms with E-state index in [0.717, 1.165) is 31.6 Å². The SMILES string of the molecule is CCOC(=O)C(N)(CSC1CCOCC1)c1ccccc1. The van der Waals surface area contributed by atoms with E-state index in [0.29, 0.717) is 17.6 Å². The minimum absolute atomic E-state index is 0.340. The fourth-order valence-corrected chi connectivity index (χ4v) is 3.66. The molecule has 2 rings (SSSR count). The van der Waals surface area contributed by atoms with Gasteiger partial charge in [-0.25, -0.2) is 4.79 Å². The highest BCUT2D eigenvalue weighted by Crippen LogP contribution is 2.30. The molecule has 21 heavy (non-hydrogen) atoms. The van der Waals surface area contributed by atoms with Gasteiger partial charge in [0.05, 0.1) is 6.61 Å². The molecule has 116 valence electrons. The molecule has 1 aromatic rings. The average Bonchev–Trinajstić information content (AvgIpc) is 2.54. The molecule has 0 radical (unpaired) electrons. The molecule has 1 aliphatic rings. The van der Waals surface area contributed by atoms with Crippen LogP contribution in [-0.4, -0.2) is 36.8 Å². The Bertz CT molecular complexity index is 448. The lowest BCUT2D eigenvalue weighted by atomic mass is 9.93. The molecule has 1 heterocycles. The number of carbonyl (C=O) groups excluding carboxylic acids is 1. The summed E-state index contributed by atoms with van der Waals surface area (Å²) in [5.41, 5.74) is 6.16. The van der Waals surface area contributed by atoms with Crippen LogP contribution in [0.5, 0.6) is 0 Å². The van der Waals surface area contributed by atoms with Crippen molar-refractivity contribution in [2.75, 3.05) is 25.6 Å². The molecular weight excluding hydrogens is 286 g/mol. The number of esters is 1. The van der Waals surface area contributed by atoms with Gasteiger partial charge < -0.3 is 15.2 Å². The molecule has 0 amide bonds. The largest absolute Gasteiger partial charge is 0.464 e. The van der Waals surface area contributed by atoms with Crippen molar-refractivity contribution in [2.45, 2.75) is 30.6 Å². The minimum atomic E-state index is -1.08. The monoisotopic (exact) mass is 309 g/mol. The zero-order valence-corrected chi connectivity index (χ0v) is 13.2. The average molecular weight is 309 g/mol. The lowest BCUT2D eigenvalue weighted by Crippen LogP contribution is -2.49. The standard InChI is InChI=1S/C16H23NO3S/c1-2-20-15(18)16(17,13-6-4-3-5-7-13)12-21-14-8-10-19-11-9-14/h3-7,14H,2,8-12,17H2,1H3. The molecule has 1 fully saturated rings. The summed E-state index contributed by atoms with van der Waals surface area (Å²) in [6.45, 7) is 3.72. The van der Waals surface area contributed by atoms with Gasteiger partial charge in [-0.2, -0.15) is 11.8 Å². The maximum Gasteiger partial charge on any atom is 0.331 e. The van der Waals surface area contributed by atoms with Crippen LogP contribution in [0.25, 0.3) is 0 Å². The van der Waals surface area contributed by atoms with Crippen molar-refractivity contribution in [1.82, 2.24) is 0 Å². The van der Waals surface area contributed by atoms with E-state index in [-0.39, 0.29) is 5.97 Å². The van der Waals surface area contributed by atoms with Crippen LogP contribution in [0.3, 0.4) is 0 Å². The summed E-state index contributed by atoms with van der Waals surface area (Å²) in [5, 5.41) is 0.500. The molecule has 1 aliphatic heterocycles. The van der Waals surface area contributed by atoms with Gasteiger partial charge in [-0.3, -0.25) is 0 Å². The number of ether oxygens (including phenoxy) is 2. The van der Waals surface area contributed by atoms with Gasteiger partial charge in [0.1, 0.15) is 5.54 Å². The van der Waals surface area contributed by atoms with E-state index >= 15 is 0 Å². The maximum absolute atomic E-state index is 12.4. The fraction of sp³-hybridized carbons (Fsp3) is 0.562. The first-order valence-electron chi connectivity index (χ1n) is 7.38. The third-order valence-corrected chi connectivity index (χ3v) is 5.21. The topological polar surface area (TPSA) is 61.5 Å². The molecule has 0 bridgehead atoms. The molecule has 0 aliphatic carbocycles. The zero-order chi connectivity index (χ0) is 15.1. The van der Waals surface area contributed by atoms with Gasteiger partial charge in [-0.05, 0) is 25.3 Å². The van der Waals surface area contributed by atoms with Crippen molar-refractivity contribution >= 4 is 17.7 Å². The molecule has 1 atom stereocenters. The molecular formula is C16H23NO3S. The van der Waals surface area contributed by atoms with E-state index < -0.39 is 5.54 Å². The number of carbonyl (C=O) groups is 1. The second-order valence-corrected chi connectivity index (χ2v) is 6.47. The van der Waals surface area contributed by atoms with E-state index in [9.17, 15) is 4.79 Å². The van der Waals surface area contributed by atoms with Gasteiger partial charge in [-0.15, -0.1) is 0 Å². The third-order valence-electron chi connectivity index (χ3n) is 3.64. The van der Waals surface area contributed by atoms with Crippen molar-refractivity contribution in [1.29, 1.82) is 0 Å². The number of nitrogens with two attached hydrogens (primary N) is 1. The van der Waals surface area contributed by atoms with Crippen LogP contribution in [-0.2, 0) is 19.8 Å². The van der Waals surface area contributed by atoms with Gasteiger partial charge in [0.25, 0.3) is 0 Å². The summed E-state index contributed by atoms with van der Waals surface area (Å²) in [6, 6.07) is 9.49. The summed E-state index contributed by atoms with van der Waals surface area (Å²) in [4.78, 5) is 12.4. The lowest BCUT2D eigenvalue weighted by molar-refractivity contribution is -0.149. The van der Waals surface area contributed by atoms with Crippen molar-refractivity contribution in [3.05, 3.63) is 35.9 Å². The first kappa shape index (κ1) is 16.3. The Labute approximate surface area is 130 Å². The van der Waals surface area contributed by atoms with E-state index in [2.05, 4.69) is 0 Å². The summed E-state index contributed by atoms with van der Waals surface area (Å²) in [6.07, 6.45) is 2.02. The van der Waals surface area contributed by atoms with Crippen LogP contribution in [0.15, 0.2) is 30.3 Å². The Morgan fingerprint density at radius 3 is 2.67 bits per heavy atom. The Morgan fingerprint density at radius 1 is 1.38 bits per heavy atom. The second-order valence-electron chi connectivity index (χ2n) is 5.18. The number of thioether (sulfide) groups is 1. The summed E-state index contributed by atoms with van der Waals surface area (Å²) in [7, 11) is 0. The van der Waals surface area contributed by atoms with E-state index in [1.807, 2.05) is 30.3 Å². The maximum atomic E-state index is 12.4. The highest BCUT2D eigenvalue weighted by molar-refractivity contribution is 8.00. The Morgan fingerprint density at radius 2 is 2.05 bits per heavy atom. The van der Waals surface area contributed by atoms with Gasteiger partial charge in [0.15, 0.2) is 0 Å². The summed E-state index contributed by atoms with van der Waals surface area (Å²) in [5.74, 6) is 0.177. The Hall–Kier alpha value is -1.04. The Kier molecular flexibility index (Phi) is 6.08. The molecule has 5 heteroatoms. The Balaban J connectivity index is 2.09. The smallest absolute Gasteiger partial charge is 0.331 e. The van der Waals surface area contributed by atoms with Gasteiger partial charge in [0, 0.05) is 24.2 Å². The van der Waals surface area contributed by atoms with Crippen LogP contribution < -0.4 is 5.73 Å². The van der Waals surface area contributed by atoms with Crippen molar-refractivity contribution in [3.63, 3.8) is 0 Å². The van der Waals surface area contributed by atoms with Crippen LogP contribution >= 0.6 is 11.8 Å². The summed E-state index contributed by atoms with van der Waals surface area (Å²) >= 11 is 1.75. The summed E-state index contributed by atoms with van der Waals surface area (Å²) < 4.78 is 10.6. The lowest BCUT2D eigenvalue weighted by Gasteiger charge is -2.30. The number of rotatable bonds is 6. The van der Waals surface area contributed by atoms with E-state index in [4.69, 9.17) is 15.2 Å². The van der Waals surface area contributed by atoms with Gasteiger partial charge in [0.2, 0.25) is 0 Å². The van der Waals surface area contributed by atoms with Crippen LogP contribution in [0.1, 0.15) is 25.3 Å². The molecule has 4 nitrogen and oxygen atoms in total. The molecule has 2 N–H and O–H groups in total. The normalized spacial score (nSPS) is 19.0. The number of hydrogen-bond donors (Lipinski definition) is 1. The van der Waals surface area contributed by atoms with Crippen molar-refractivity contribution in [3.8, 4) is 0 Å². The van der Waals surface area contributed by atoms with Gasteiger partial charge >= 0.3 is 5.97 Å². The van der Waals surface area contributed by atoms with Crippen molar-refractivity contribution < 1.29 is 14.3 Å². The quantitative estimate of drug-likeness (QED) is 0.817. The minimum Gasteiger partial charge on any atom is -0.464 e. The second kappa shape index (κ2) is 7.82. The van der Waals surface area contributed by atoms with Crippen LogP contribution in [0, 0.1) is 0 Å². The first-order chi connectivity index (χ1) is 10.2. The predicted octanol–water partition coefficient (Wildman–Crippen LogP) is 2.32. The molecule has 1 unspecified atom stereocenters. The third kappa shape index (κ3) is 4.22. The first-order valence-corrected chi connectivity index (χ1v) is 8.42. The molecule has 0 spiro atoms. The van der Waals surface area contributed by atoms with Crippen LogP contribution in [0.4, 0.5) is 0 Å². The zero-order valence-electron chi connectivity index (χ0n) is 12.4. The van der Waals surface area contributed by atoms with Crippen molar-refractivity contribution in [2.24, 2.45) is 5.73 Å². The molecule has 0 aromatic heterocycles. The highest BCUT2D eigenvalue weighted by Gasteiger charge is 2.38. The molecule has 1 aromatic carbocycles. The predicted molar refractivity (Wildman–Crippen MR) is 85.2 cm³/mol.